The lowest BCUT2D eigenvalue weighted by Gasteiger charge is -2.13. The summed E-state index contributed by atoms with van der Waals surface area (Å²) in [7, 11) is 0. The van der Waals surface area contributed by atoms with Crippen LogP contribution in [0.25, 0.3) is 0 Å². The minimum atomic E-state index is -0.358. The normalized spacial score (nSPS) is 10.5. The van der Waals surface area contributed by atoms with Gasteiger partial charge in [-0.3, -0.25) is 4.39 Å². The van der Waals surface area contributed by atoms with Crippen molar-refractivity contribution < 1.29 is 13.9 Å². The maximum atomic E-state index is 12.1. The average Bonchev–Trinajstić information content (AvgIpc) is 2.42. The summed E-state index contributed by atoms with van der Waals surface area (Å²) in [5.41, 5.74) is 1.16. The highest BCUT2D eigenvalue weighted by molar-refractivity contribution is 5.43. The molecule has 1 rings (SSSR count). The minimum absolute atomic E-state index is 0.358. The molecule has 3 nitrogen and oxygen atoms in total. The Morgan fingerprint density at radius 1 is 1.16 bits per heavy atom. The van der Waals surface area contributed by atoms with Gasteiger partial charge >= 0.3 is 0 Å². The Morgan fingerprint density at radius 3 is 2.68 bits per heavy atom. The van der Waals surface area contributed by atoms with Crippen LogP contribution in [-0.4, -0.2) is 26.4 Å². The molecule has 0 aliphatic heterocycles. The first-order valence-corrected chi connectivity index (χ1v) is 6.97. The smallest absolute Gasteiger partial charge is 0.161 e. The van der Waals surface area contributed by atoms with Gasteiger partial charge in [0.05, 0.1) is 19.9 Å². The Balaban J connectivity index is 2.64. The molecule has 0 atom stereocenters. The van der Waals surface area contributed by atoms with Crippen LogP contribution in [0.4, 0.5) is 4.39 Å². The zero-order chi connectivity index (χ0) is 13.9. The van der Waals surface area contributed by atoms with Crippen molar-refractivity contribution in [1.29, 1.82) is 0 Å². The second kappa shape index (κ2) is 9.62. The average molecular weight is 269 g/mol. The molecule has 1 aromatic rings. The molecule has 0 radical (unpaired) electrons. The molecule has 1 N–H and O–H groups in total. The standard InChI is InChI=1S/C15H24FNO2/c1-3-9-17-12-13-6-7-14(19-10-5-8-16)15(11-13)18-4-2/h6-7,11,17H,3-5,8-10,12H2,1-2H3. The van der Waals surface area contributed by atoms with E-state index >= 15 is 0 Å². The summed E-state index contributed by atoms with van der Waals surface area (Å²) in [6.07, 6.45) is 1.52. The predicted molar refractivity (Wildman–Crippen MR) is 75.7 cm³/mol. The molecule has 0 aromatic heterocycles. The van der Waals surface area contributed by atoms with E-state index < -0.39 is 0 Å². The van der Waals surface area contributed by atoms with E-state index in [-0.39, 0.29) is 6.67 Å². The van der Waals surface area contributed by atoms with Gasteiger partial charge in [0.2, 0.25) is 0 Å². The van der Waals surface area contributed by atoms with Crippen molar-refractivity contribution in [2.75, 3.05) is 26.4 Å². The number of ether oxygens (including phenoxy) is 2. The summed E-state index contributed by atoms with van der Waals surface area (Å²) >= 11 is 0. The molecule has 19 heavy (non-hydrogen) atoms. The number of hydrogen-bond donors (Lipinski definition) is 1. The van der Waals surface area contributed by atoms with Crippen LogP contribution in [0.5, 0.6) is 11.5 Å². The SMILES string of the molecule is CCCNCc1ccc(OCCCF)c(OCC)c1. The third kappa shape index (κ3) is 5.92. The molecule has 0 aliphatic rings. The van der Waals surface area contributed by atoms with Gasteiger partial charge in [0.1, 0.15) is 0 Å². The number of nitrogens with one attached hydrogen (secondary N) is 1. The van der Waals surface area contributed by atoms with E-state index in [1.54, 1.807) is 0 Å². The lowest BCUT2D eigenvalue weighted by molar-refractivity contribution is 0.262. The van der Waals surface area contributed by atoms with Crippen LogP contribution in [0.15, 0.2) is 18.2 Å². The molecule has 0 bridgehead atoms. The molecule has 4 heteroatoms. The number of alkyl halides is 1. The molecule has 0 saturated heterocycles. The molecule has 0 saturated carbocycles. The maximum absolute atomic E-state index is 12.1. The van der Waals surface area contributed by atoms with Crippen molar-refractivity contribution in [3.05, 3.63) is 23.8 Å². The highest BCUT2D eigenvalue weighted by Crippen LogP contribution is 2.28. The topological polar surface area (TPSA) is 30.5 Å². The van der Waals surface area contributed by atoms with Gasteiger partial charge in [0.15, 0.2) is 11.5 Å². The second-order valence-electron chi connectivity index (χ2n) is 4.28. The Bertz CT molecular complexity index is 358. The van der Waals surface area contributed by atoms with E-state index in [0.29, 0.717) is 25.4 Å². The van der Waals surface area contributed by atoms with Gasteiger partial charge in [-0.25, -0.2) is 0 Å². The first kappa shape index (κ1) is 15.8. The summed E-state index contributed by atoms with van der Waals surface area (Å²) in [6, 6.07) is 5.89. The largest absolute Gasteiger partial charge is 0.490 e. The highest BCUT2D eigenvalue weighted by Gasteiger charge is 2.06. The van der Waals surface area contributed by atoms with Gasteiger partial charge in [0.25, 0.3) is 0 Å². The van der Waals surface area contributed by atoms with E-state index in [4.69, 9.17) is 9.47 Å². The fourth-order valence-corrected chi connectivity index (χ4v) is 1.70. The second-order valence-corrected chi connectivity index (χ2v) is 4.28. The monoisotopic (exact) mass is 269 g/mol. The lowest BCUT2D eigenvalue weighted by atomic mass is 10.2. The van der Waals surface area contributed by atoms with E-state index in [9.17, 15) is 4.39 Å². The minimum Gasteiger partial charge on any atom is -0.490 e. The van der Waals surface area contributed by atoms with Crippen molar-refractivity contribution >= 4 is 0 Å². The summed E-state index contributed by atoms with van der Waals surface area (Å²) < 4.78 is 23.2. The third-order valence-corrected chi connectivity index (χ3v) is 2.60. The van der Waals surface area contributed by atoms with Crippen LogP contribution in [0.1, 0.15) is 32.3 Å². The molecule has 108 valence electrons. The number of rotatable bonds is 10. The Labute approximate surface area is 115 Å². The first-order valence-electron chi connectivity index (χ1n) is 6.97. The van der Waals surface area contributed by atoms with Crippen molar-refractivity contribution in [2.24, 2.45) is 0 Å². The Kier molecular flexibility index (Phi) is 7.98. The number of benzene rings is 1. The quantitative estimate of drug-likeness (QED) is 0.661. The molecular formula is C15H24FNO2. The van der Waals surface area contributed by atoms with E-state index in [0.717, 1.165) is 30.8 Å². The van der Waals surface area contributed by atoms with Crippen molar-refractivity contribution in [2.45, 2.75) is 33.2 Å². The van der Waals surface area contributed by atoms with Gasteiger partial charge in [-0.05, 0) is 37.6 Å². The zero-order valence-electron chi connectivity index (χ0n) is 11.9. The van der Waals surface area contributed by atoms with Crippen molar-refractivity contribution in [1.82, 2.24) is 5.32 Å². The summed E-state index contributed by atoms with van der Waals surface area (Å²) in [5.74, 6) is 1.42. The van der Waals surface area contributed by atoms with Gasteiger partial charge in [0, 0.05) is 13.0 Å². The van der Waals surface area contributed by atoms with Crippen LogP contribution >= 0.6 is 0 Å². The van der Waals surface area contributed by atoms with Gasteiger partial charge < -0.3 is 14.8 Å². The summed E-state index contributed by atoms with van der Waals surface area (Å²) in [6.45, 7) is 6.50. The number of halogens is 1. The molecule has 0 spiro atoms. The highest BCUT2D eigenvalue weighted by atomic mass is 19.1. The Morgan fingerprint density at radius 2 is 2.00 bits per heavy atom. The van der Waals surface area contributed by atoms with Crippen molar-refractivity contribution in [3.8, 4) is 11.5 Å². The van der Waals surface area contributed by atoms with Gasteiger partial charge in [-0.2, -0.15) is 0 Å². The summed E-state index contributed by atoms with van der Waals surface area (Å²) in [4.78, 5) is 0. The number of hydrogen-bond acceptors (Lipinski definition) is 3. The van der Waals surface area contributed by atoms with Crippen LogP contribution in [-0.2, 0) is 6.54 Å². The lowest BCUT2D eigenvalue weighted by Crippen LogP contribution is -2.14. The van der Waals surface area contributed by atoms with E-state index in [2.05, 4.69) is 12.2 Å². The van der Waals surface area contributed by atoms with Crippen LogP contribution < -0.4 is 14.8 Å². The summed E-state index contributed by atoms with van der Waals surface area (Å²) in [5, 5.41) is 3.35. The molecule has 1 aromatic carbocycles. The molecule has 0 fully saturated rings. The molecular weight excluding hydrogens is 245 g/mol. The van der Waals surface area contributed by atoms with Crippen LogP contribution in [0.2, 0.25) is 0 Å². The molecule has 0 unspecified atom stereocenters. The predicted octanol–water partition coefficient (Wildman–Crippen LogP) is 3.32. The van der Waals surface area contributed by atoms with E-state index in [1.165, 1.54) is 0 Å². The van der Waals surface area contributed by atoms with Crippen LogP contribution in [0.3, 0.4) is 0 Å². The fraction of sp³-hybridized carbons (Fsp3) is 0.600. The molecule has 0 amide bonds. The maximum Gasteiger partial charge on any atom is 0.161 e. The third-order valence-electron chi connectivity index (χ3n) is 2.60. The van der Waals surface area contributed by atoms with Crippen molar-refractivity contribution in [3.63, 3.8) is 0 Å². The molecule has 0 heterocycles. The zero-order valence-corrected chi connectivity index (χ0v) is 11.9. The molecule has 0 aliphatic carbocycles. The van der Waals surface area contributed by atoms with Gasteiger partial charge in [-0.15, -0.1) is 0 Å². The Hall–Kier alpha value is -1.29. The fourth-order valence-electron chi connectivity index (χ4n) is 1.70. The van der Waals surface area contributed by atoms with Crippen LogP contribution in [0, 0.1) is 0 Å². The first-order chi connectivity index (χ1) is 9.31. The van der Waals surface area contributed by atoms with Gasteiger partial charge in [-0.1, -0.05) is 13.0 Å². The van der Waals surface area contributed by atoms with E-state index in [1.807, 2.05) is 25.1 Å².